The second-order valence-corrected chi connectivity index (χ2v) is 9.90. The molecule has 0 bridgehead atoms. The molecule has 0 unspecified atom stereocenters. The van der Waals surface area contributed by atoms with Crippen LogP contribution in [0.5, 0.6) is 11.5 Å². The van der Waals surface area contributed by atoms with Gasteiger partial charge in [0.05, 0.1) is 35.1 Å². The number of aromatic nitrogens is 2. The van der Waals surface area contributed by atoms with Gasteiger partial charge in [0.2, 0.25) is 0 Å². The SMILES string of the molecule is COCCOc1ccc(N2C(=S)N[C@H](c3ccccn3)[C@H]2c2cc(C)n(-c3ccccc3O)c2C)cc1Cl. The number of hydrogen-bond acceptors (Lipinski definition) is 5. The molecule has 2 aromatic heterocycles. The molecular formula is C29H29ClN4O3S. The molecular weight excluding hydrogens is 520 g/mol. The van der Waals surface area contributed by atoms with Gasteiger partial charge < -0.3 is 29.4 Å². The number of halogens is 1. The number of aromatic hydroxyl groups is 1. The van der Waals surface area contributed by atoms with Gasteiger partial charge in [-0.1, -0.05) is 29.8 Å². The summed E-state index contributed by atoms with van der Waals surface area (Å²) in [5, 5.41) is 15.2. The number of hydrogen-bond donors (Lipinski definition) is 2. The monoisotopic (exact) mass is 548 g/mol. The molecule has 0 spiro atoms. The van der Waals surface area contributed by atoms with Crippen molar-refractivity contribution in [3.63, 3.8) is 0 Å². The van der Waals surface area contributed by atoms with Crippen LogP contribution < -0.4 is 15.0 Å². The predicted octanol–water partition coefficient (Wildman–Crippen LogP) is 6.05. The van der Waals surface area contributed by atoms with Crippen LogP contribution in [-0.4, -0.2) is 40.1 Å². The molecule has 2 atom stereocenters. The lowest BCUT2D eigenvalue weighted by atomic mass is 9.96. The molecule has 3 heterocycles. The molecule has 0 aliphatic carbocycles. The van der Waals surface area contributed by atoms with Gasteiger partial charge >= 0.3 is 0 Å². The number of pyridine rings is 1. The molecule has 1 aliphatic heterocycles. The van der Waals surface area contributed by atoms with E-state index in [-0.39, 0.29) is 17.8 Å². The first-order valence-corrected chi connectivity index (χ1v) is 13.1. The summed E-state index contributed by atoms with van der Waals surface area (Å²) in [6, 6.07) is 20.6. The van der Waals surface area contributed by atoms with Crippen molar-refractivity contribution >= 4 is 34.6 Å². The summed E-state index contributed by atoms with van der Waals surface area (Å²) in [6.07, 6.45) is 1.79. The van der Waals surface area contributed by atoms with Gasteiger partial charge in [-0.25, -0.2) is 0 Å². The first-order valence-electron chi connectivity index (χ1n) is 12.3. The minimum Gasteiger partial charge on any atom is -0.506 e. The Labute approximate surface area is 232 Å². The van der Waals surface area contributed by atoms with E-state index < -0.39 is 0 Å². The van der Waals surface area contributed by atoms with E-state index in [0.717, 1.165) is 34.0 Å². The Bertz CT molecular complexity index is 1460. The number of phenols is 1. The standard InChI is InChI=1S/C29H29ClN4O3S/c1-18-16-21(19(2)33(18)24-9-4-5-10-25(24)35)28-27(23-8-6-7-13-31-23)32-29(38)34(28)20-11-12-26(22(30)17-20)37-15-14-36-3/h4-13,16-17,27-28,35H,14-15H2,1-3H3,(H,32,38)/t27-,28-/m1/s1. The molecule has 7 nitrogen and oxygen atoms in total. The maximum absolute atomic E-state index is 10.6. The highest BCUT2D eigenvalue weighted by Crippen LogP contribution is 2.45. The first kappa shape index (κ1) is 26.0. The number of nitrogens with one attached hydrogen (secondary N) is 1. The summed E-state index contributed by atoms with van der Waals surface area (Å²) in [6.45, 7) is 4.97. The second-order valence-electron chi connectivity index (χ2n) is 9.10. The van der Waals surface area contributed by atoms with Crippen molar-refractivity contribution in [3.05, 3.63) is 101 Å². The van der Waals surface area contributed by atoms with Crippen molar-refractivity contribution in [2.75, 3.05) is 25.2 Å². The van der Waals surface area contributed by atoms with Gasteiger partial charge in [0.1, 0.15) is 18.1 Å². The maximum Gasteiger partial charge on any atom is 0.174 e. The van der Waals surface area contributed by atoms with Gasteiger partial charge in [-0.3, -0.25) is 4.98 Å². The molecule has 2 N–H and O–H groups in total. The zero-order valence-corrected chi connectivity index (χ0v) is 23.0. The highest BCUT2D eigenvalue weighted by molar-refractivity contribution is 7.80. The second kappa shape index (κ2) is 11.0. The van der Waals surface area contributed by atoms with Gasteiger partial charge in [0, 0.05) is 30.4 Å². The van der Waals surface area contributed by atoms with Crippen LogP contribution in [0.25, 0.3) is 5.69 Å². The largest absolute Gasteiger partial charge is 0.506 e. The fraction of sp³-hybridized carbons (Fsp3) is 0.241. The van der Waals surface area contributed by atoms with Crippen molar-refractivity contribution in [2.24, 2.45) is 0 Å². The lowest BCUT2D eigenvalue weighted by Crippen LogP contribution is -2.29. The number of rotatable bonds is 8. The first-order chi connectivity index (χ1) is 18.4. The molecule has 1 saturated heterocycles. The smallest absolute Gasteiger partial charge is 0.174 e. The maximum atomic E-state index is 10.6. The van der Waals surface area contributed by atoms with Crippen LogP contribution >= 0.6 is 23.8 Å². The third kappa shape index (κ3) is 4.82. The van der Waals surface area contributed by atoms with E-state index in [4.69, 9.17) is 33.3 Å². The molecule has 196 valence electrons. The summed E-state index contributed by atoms with van der Waals surface area (Å²) in [5.74, 6) is 0.802. The highest BCUT2D eigenvalue weighted by Gasteiger charge is 2.42. The zero-order chi connectivity index (χ0) is 26.8. The summed E-state index contributed by atoms with van der Waals surface area (Å²) in [7, 11) is 1.63. The van der Waals surface area contributed by atoms with E-state index >= 15 is 0 Å². The number of methoxy groups -OCH3 is 1. The highest BCUT2D eigenvalue weighted by atomic mass is 35.5. The van der Waals surface area contributed by atoms with Gasteiger partial charge in [0.25, 0.3) is 0 Å². The van der Waals surface area contributed by atoms with E-state index in [1.807, 2.05) is 61.5 Å². The summed E-state index contributed by atoms with van der Waals surface area (Å²) < 4.78 is 12.9. The summed E-state index contributed by atoms with van der Waals surface area (Å²) in [5.41, 5.74) is 5.49. The van der Waals surface area contributed by atoms with E-state index in [1.54, 1.807) is 19.4 Å². The van der Waals surface area contributed by atoms with Crippen LogP contribution in [0.15, 0.2) is 72.9 Å². The van der Waals surface area contributed by atoms with Gasteiger partial charge in [-0.2, -0.15) is 0 Å². The van der Waals surface area contributed by atoms with E-state index in [2.05, 4.69) is 32.8 Å². The van der Waals surface area contributed by atoms with Crippen molar-refractivity contribution in [1.29, 1.82) is 0 Å². The minimum absolute atomic E-state index is 0.210. The van der Waals surface area contributed by atoms with Crippen molar-refractivity contribution in [1.82, 2.24) is 14.9 Å². The number of benzene rings is 2. The van der Waals surface area contributed by atoms with E-state index in [0.29, 0.717) is 29.1 Å². The van der Waals surface area contributed by atoms with Gasteiger partial charge in [-0.15, -0.1) is 0 Å². The molecule has 0 saturated carbocycles. The Morgan fingerprint density at radius 1 is 1.05 bits per heavy atom. The molecule has 9 heteroatoms. The average molecular weight is 549 g/mol. The molecule has 0 amide bonds. The van der Waals surface area contributed by atoms with Crippen LogP contribution in [0.3, 0.4) is 0 Å². The molecule has 38 heavy (non-hydrogen) atoms. The molecule has 5 rings (SSSR count). The number of thiocarbonyl (C=S) groups is 1. The van der Waals surface area contributed by atoms with Gasteiger partial charge in [-0.05, 0) is 80.2 Å². The third-order valence-corrected chi connectivity index (χ3v) is 7.36. The summed E-state index contributed by atoms with van der Waals surface area (Å²) in [4.78, 5) is 6.73. The minimum atomic E-state index is -0.223. The number of aryl methyl sites for hydroxylation is 1. The Hall–Kier alpha value is -3.59. The van der Waals surface area contributed by atoms with Crippen LogP contribution in [0, 0.1) is 13.8 Å². The fourth-order valence-electron chi connectivity index (χ4n) is 5.05. The normalized spacial score (nSPS) is 17.1. The Morgan fingerprint density at radius 3 is 2.55 bits per heavy atom. The fourth-order valence-corrected chi connectivity index (χ4v) is 5.63. The van der Waals surface area contributed by atoms with Crippen molar-refractivity contribution < 1.29 is 14.6 Å². The molecule has 4 aromatic rings. The number of para-hydroxylation sites is 2. The van der Waals surface area contributed by atoms with Crippen LogP contribution in [-0.2, 0) is 4.74 Å². The predicted molar refractivity (Wildman–Crippen MR) is 154 cm³/mol. The van der Waals surface area contributed by atoms with E-state index in [1.165, 1.54) is 0 Å². The van der Waals surface area contributed by atoms with E-state index in [9.17, 15) is 5.11 Å². The molecule has 2 aromatic carbocycles. The number of ether oxygens (including phenoxy) is 2. The van der Waals surface area contributed by atoms with Crippen LogP contribution in [0.2, 0.25) is 5.02 Å². The average Bonchev–Trinajstić information content (AvgIpc) is 3.41. The number of phenolic OH excluding ortho intramolecular Hbond substituents is 1. The molecule has 0 radical (unpaired) electrons. The molecule has 1 fully saturated rings. The summed E-state index contributed by atoms with van der Waals surface area (Å²) >= 11 is 12.5. The lowest BCUT2D eigenvalue weighted by molar-refractivity contribution is 0.146. The quantitative estimate of drug-likeness (QED) is 0.205. The van der Waals surface area contributed by atoms with Crippen LogP contribution in [0.1, 0.15) is 34.7 Å². The Kier molecular flexibility index (Phi) is 7.56. The zero-order valence-electron chi connectivity index (χ0n) is 21.4. The van der Waals surface area contributed by atoms with Crippen molar-refractivity contribution in [2.45, 2.75) is 25.9 Å². The Morgan fingerprint density at radius 2 is 1.84 bits per heavy atom. The number of anilines is 1. The topological polar surface area (TPSA) is 71.8 Å². The van der Waals surface area contributed by atoms with Crippen LogP contribution in [0.4, 0.5) is 5.69 Å². The lowest BCUT2D eigenvalue weighted by Gasteiger charge is -2.28. The Balaban J connectivity index is 1.61. The molecule has 1 aliphatic rings. The number of nitrogens with zero attached hydrogens (tertiary/aromatic N) is 3. The van der Waals surface area contributed by atoms with Gasteiger partial charge in [0.15, 0.2) is 5.11 Å². The van der Waals surface area contributed by atoms with Crippen molar-refractivity contribution in [3.8, 4) is 17.2 Å². The third-order valence-electron chi connectivity index (χ3n) is 6.75.